The number of rotatable bonds is 4. The van der Waals surface area contributed by atoms with Crippen molar-refractivity contribution in [2.45, 2.75) is 38.8 Å². The third-order valence-electron chi connectivity index (χ3n) is 3.72. The molecule has 1 aliphatic rings. The minimum atomic E-state index is -0.460. The van der Waals surface area contributed by atoms with Gasteiger partial charge in [-0.25, -0.2) is 4.79 Å². The summed E-state index contributed by atoms with van der Waals surface area (Å²) in [6.45, 7) is 5.17. The van der Waals surface area contributed by atoms with Crippen molar-refractivity contribution in [2.75, 3.05) is 24.4 Å². The van der Waals surface area contributed by atoms with Crippen LogP contribution in [0, 0.1) is 5.92 Å². The second kappa shape index (κ2) is 7.31. The summed E-state index contributed by atoms with van der Waals surface area (Å²) in [6.07, 6.45) is 1.86. The number of amides is 1. The van der Waals surface area contributed by atoms with Gasteiger partial charge in [0.1, 0.15) is 0 Å². The zero-order valence-corrected chi connectivity index (χ0v) is 12.9. The highest BCUT2D eigenvalue weighted by Crippen LogP contribution is 2.24. The minimum Gasteiger partial charge on any atom is -0.453 e. The highest BCUT2D eigenvalue weighted by atomic mass is 16.5. The van der Waals surface area contributed by atoms with E-state index in [1.54, 1.807) is 0 Å². The van der Waals surface area contributed by atoms with E-state index in [2.05, 4.69) is 29.2 Å². The van der Waals surface area contributed by atoms with Crippen molar-refractivity contribution in [3.63, 3.8) is 0 Å². The van der Waals surface area contributed by atoms with Crippen molar-refractivity contribution >= 4 is 17.5 Å². The van der Waals surface area contributed by atoms with Gasteiger partial charge in [-0.15, -0.1) is 0 Å². The molecule has 0 saturated carbocycles. The van der Waals surface area contributed by atoms with Gasteiger partial charge in [-0.2, -0.15) is 0 Å². The van der Waals surface area contributed by atoms with Crippen LogP contribution in [0.25, 0.3) is 0 Å². The number of anilines is 2. The molecule has 1 saturated heterocycles. The molecule has 21 heavy (non-hydrogen) atoms. The first-order chi connectivity index (χ1) is 10.1. The Bertz CT molecular complexity index is 476. The van der Waals surface area contributed by atoms with Gasteiger partial charge < -0.3 is 14.8 Å². The first kappa shape index (κ1) is 15.6. The van der Waals surface area contributed by atoms with Gasteiger partial charge in [-0.3, -0.25) is 5.32 Å². The first-order valence-corrected chi connectivity index (χ1v) is 7.41. The lowest BCUT2D eigenvalue weighted by Gasteiger charge is -2.33. The summed E-state index contributed by atoms with van der Waals surface area (Å²) < 4.78 is 10.4. The molecular weight excluding hydrogens is 268 g/mol. The zero-order chi connectivity index (χ0) is 15.2. The molecule has 1 aliphatic heterocycles. The van der Waals surface area contributed by atoms with Crippen molar-refractivity contribution in [3.05, 3.63) is 24.3 Å². The van der Waals surface area contributed by atoms with Crippen molar-refractivity contribution in [2.24, 2.45) is 5.92 Å². The van der Waals surface area contributed by atoms with Crippen LogP contribution in [0.4, 0.5) is 16.2 Å². The Labute approximate surface area is 126 Å². The number of hydrogen-bond donors (Lipinski definition) is 2. The Kier molecular flexibility index (Phi) is 5.44. The lowest BCUT2D eigenvalue weighted by Crippen LogP contribution is -2.36. The molecule has 0 aromatic heterocycles. The average molecular weight is 292 g/mol. The van der Waals surface area contributed by atoms with Crippen molar-refractivity contribution < 1.29 is 14.3 Å². The van der Waals surface area contributed by atoms with Crippen LogP contribution in [-0.4, -0.2) is 32.0 Å². The Morgan fingerprint density at radius 2 is 2.14 bits per heavy atom. The van der Waals surface area contributed by atoms with Gasteiger partial charge >= 0.3 is 6.09 Å². The van der Waals surface area contributed by atoms with Crippen LogP contribution in [0.3, 0.4) is 0 Å². The van der Waals surface area contributed by atoms with Gasteiger partial charge in [0.05, 0.1) is 13.2 Å². The summed E-state index contributed by atoms with van der Waals surface area (Å²) in [5.41, 5.74) is 1.72. The number of nitrogens with one attached hydrogen (secondary N) is 2. The SMILES string of the molecule is COC(=O)Nc1cccc(NC2CCOC(C(C)C)C2)c1. The number of methoxy groups -OCH3 is 1. The molecule has 2 rings (SSSR count). The van der Waals surface area contributed by atoms with E-state index in [4.69, 9.17) is 4.74 Å². The molecule has 1 amide bonds. The highest BCUT2D eigenvalue weighted by molar-refractivity contribution is 5.85. The number of benzene rings is 1. The predicted octanol–water partition coefficient (Wildman–Crippen LogP) is 3.48. The third-order valence-corrected chi connectivity index (χ3v) is 3.72. The van der Waals surface area contributed by atoms with Gasteiger partial charge in [0.2, 0.25) is 0 Å². The van der Waals surface area contributed by atoms with E-state index in [1.807, 2.05) is 24.3 Å². The molecule has 2 unspecified atom stereocenters. The molecular formula is C16H24N2O3. The molecule has 1 fully saturated rings. The van der Waals surface area contributed by atoms with Crippen LogP contribution < -0.4 is 10.6 Å². The van der Waals surface area contributed by atoms with Gasteiger partial charge in [0.15, 0.2) is 0 Å². The van der Waals surface area contributed by atoms with Crippen LogP contribution in [0.5, 0.6) is 0 Å². The summed E-state index contributed by atoms with van der Waals surface area (Å²) in [5.74, 6) is 0.530. The van der Waals surface area contributed by atoms with Gasteiger partial charge in [-0.1, -0.05) is 19.9 Å². The van der Waals surface area contributed by atoms with Crippen LogP contribution in [-0.2, 0) is 9.47 Å². The van der Waals surface area contributed by atoms with E-state index in [0.717, 1.165) is 30.8 Å². The van der Waals surface area contributed by atoms with Gasteiger partial charge in [-0.05, 0) is 37.0 Å². The molecule has 0 radical (unpaired) electrons. The summed E-state index contributed by atoms with van der Waals surface area (Å²) in [5, 5.41) is 6.20. The standard InChI is InChI=1S/C16H24N2O3/c1-11(2)15-10-14(7-8-21-15)17-12-5-4-6-13(9-12)18-16(19)20-3/h4-6,9,11,14-15,17H,7-8,10H2,1-3H3,(H,18,19). The fourth-order valence-corrected chi connectivity index (χ4v) is 2.52. The lowest BCUT2D eigenvalue weighted by atomic mass is 9.95. The van der Waals surface area contributed by atoms with Crippen LogP contribution in [0.1, 0.15) is 26.7 Å². The maximum atomic E-state index is 11.2. The first-order valence-electron chi connectivity index (χ1n) is 7.41. The normalized spacial score (nSPS) is 21.9. The predicted molar refractivity (Wildman–Crippen MR) is 83.7 cm³/mol. The number of carbonyl (C=O) groups is 1. The summed E-state index contributed by atoms with van der Waals surface area (Å²) in [4.78, 5) is 11.2. The molecule has 2 N–H and O–H groups in total. The van der Waals surface area contributed by atoms with Crippen molar-refractivity contribution in [3.8, 4) is 0 Å². The Morgan fingerprint density at radius 1 is 1.38 bits per heavy atom. The summed E-state index contributed by atoms with van der Waals surface area (Å²) in [7, 11) is 1.35. The quantitative estimate of drug-likeness (QED) is 0.892. The molecule has 0 spiro atoms. The number of hydrogen-bond acceptors (Lipinski definition) is 4. The van der Waals surface area contributed by atoms with Gasteiger partial charge in [0.25, 0.3) is 0 Å². The van der Waals surface area contributed by atoms with E-state index >= 15 is 0 Å². The minimum absolute atomic E-state index is 0.313. The molecule has 2 atom stereocenters. The Balaban J connectivity index is 1.96. The molecule has 0 aliphatic carbocycles. The average Bonchev–Trinajstić information content (AvgIpc) is 2.47. The summed E-state index contributed by atoms with van der Waals surface area (Å²) >= 11 is 0. The molecule has 5 heteroatoms. The molecule has 5 nitrogen and oxygen atoms in total. The van der Waals surface area contributed by atoms with E-state index in [-0.39, 0.29) is 0 Å². The second-order valence-electron chi connectivity index (χ2n) is 5.72. The smallest absolute Gasteiger partial charge is 0.411 e. The van der Waals surface area contributed by atoms with E-state index in [1.165, 1.54) is 7.11 Å². The largest absolute Gasteiger partial charge is 0.453 e. The van der Waals surface area contributed by atoms with Crippen molar-refractivity contribution in [1.29, 1.82) is 0 Å². The monoisotopic (exact) mass is 292 g/mol. The molecule has 1 heterocycles. The maximum Gasteiger partial charge on any atom is 0.411 e. The Hall–Kier alpha value is -1.75. The van der Waals surface area contributed by atoms with Crippen LogP contribution >= 0.6 is 0 Å². The van der Waals surface area contributed by atoms with Crippen LogP contribution in [0.2, 0.25) is 0 Å². The highest BCUT2D eigenvalue weighted by Gasteiger charge is 2.24. The fourth-order valence-electron chi connectivity index (χ4n) is 2.52. The topological polar surface area (TPSA) is 59.6 Å². The third kappa shape index (κ3) is 4.63. The van der Waals surface area contributed by atoms with Crippen LogP contribution in [0.15, 0.2) is 24.3 Å². The molecule has 0 bridgehead atoms. The fraction of sp³-hybridized carbons (Fsp3) is 0.562. The van der Waals surface area contributed by atoms with E-state index < -0.39 is 6.09 Å². The van der Waals surface area contributed by atoms with E-state index in [0.29, 0.717) is 18.1 Å². The number of carbonyl (C=O) groups excluding carboxylic acids is 1. The molecule has 1 aromatic carbocycles. The maximum absolute atomic E-state index is 11.2. The van der Waals surface area contributed by atoms with E-state index in [9.17, 15) is 4.79 Å². The summed E-state index contributed by atoms with van der Waals surface area (Å²) in [6, 6.07) is 8.06. The molecule has 1 aromatic rings. The lowest BCUT2D eigenvalue weighted by molar-refractivity contribution is -0.0160. The Morgan fingerprint density at radius 3 is 2.86 bits per heavy atom. The number of ether oxygens (including phenoxy) is 2. The molecule has 116 valence electrons. The van der Waals surface area contributed by atoms with Crippen molar-refractivity contribution in [1.82, 2.24) is 0 Å². The second-order valence-corrected chi connectivity index (χ2v) is 5.72. The van der Waals surface area contributed by atoms with Gasteiger partial charge in [0, 0.05) is 24.0 Å². The zero-order valence-electron chi connectivity index (χ0n) is 12.9.